The lowest BCUT2D eigenvalue weighted by Gasteiger charge is -2.22. The van der Waals surface area contributed by atoms with Gasteiger partial charge in [0.05, 0.1) is 10.6 Å². The van der Waals surface area contributed by atoms with Crippen molar-refractivity contribution in [3.8, 4) is 0 Å². The summed E-state index contributed by atoms with van der Waals surface area (Å²) < 4.78 is 0. The second-order valence-corrected chi connectivity index (χ2v) is 6.32. The molecular weight excluding hydrogens is 307 g/mol. The molecule has 1 amide bonds. The Labute approximate surface area is 135 Å². The number of hydrogen-bond donors (Lipinski definition) is 1. The molecule has 0 unspecified atom stereocenters. The monoisotopic (exact) mass is 326 g/mol. The zero-order valence-electron chi connectivity index (χ0n) is 12.2. The third-order valence-electron chi connectivity index (χ3n) is 3.87. The Morgan fingerprint density at radius 1 is 1.33 bits per heavy atom. The maximum absolute atomic E-state index is 12.0. The number of nitrogens with one attached hydrogen (secondary N) is 1. The van der Waals surface area contributed by atoms with E-state index in [1.165, 1.54) is 25.7 Å². The average molecular weight is 327 g/mol. The Hall–Kier alpha value is -1.06. The highest BCUT2D eigenvalue weighted by atomic mass is 35.5. The minimum Gasteiger partial charge on any atom is -0.267 e. The molecule has 0 aliphatic heterocycles. The molecule has 0 saturated heterocycles. The van der Waals surface area contributed by atoms with Crippen LogP contribution in [-0.2, 0) is 0 Å². The zero-order chi connectivity index (χ0) is 15.2. The van der Waals surface area contributed by atoms with E-state index in [9.17, 15) is 4.79 Å². The minimum atomic E-state index is -0.292. The van der Waals surface area contributed by atoms with Crippen LogP contribution in [-0.4, -0.2) is 11.6 Å². The molecule has 1 aliphatic carbocycles. The van der Waals surface area contributed by atoms with Gasteiger partial charge < -0.3 is 0 Å². The summed E-state index contributed by atoms with van der Waals surface area (Å²) in [7, 11) is 0. The van der Waals surface area contributed by atoms with Crippen LogP contribution in [0.25, 0.3) is 0 Å². The van der Waals surface area contributed by atoms with Gasteiger partial charge in [0.2, 0.25) is 0 Å². The van der Waals surface area contributed by atoms with Gasteiger partial charge in [-0.1, -0.05) is 43.0 Å². The Kier molecular flexibility index (Phi) is 6.07. The van der Waals surface area contributed by atoms with E-state index in [0.29, 0.717) is 15.6 Å². The standard InChI is InChI=1S/C16H20Cl2N2O/c1-2-3-11-4-7-13(8-5-11)19-20-16(21)14-9-6-12(17)10-15(14)18/h6,9-11H,2-5,7-8H2,1H3,(H,20,21). The summed E-state index contributed by atoms with van der Waals surface area (Å²) in [6, 6.07) is 4.81. The SMILES string of the molecule is CCCC1CCC(=NNC(=O)c2ccc(Cl)cc2Cl)CC1. The third-order valence-corrected chi connectivity index (χ3v) is 4.42. The number of hydrazone groups is 1. The second kappa shape index (κ2) is 7.81. The fraction of sp³-hybridized carbons (Fsp3) is 0.500. The first-order chi connectivity index (χ1) is 10.1. The Balaban J connectivity index is 1.90. The van der Waals surface area contributed by atoms with Crippen molar-refractivity contribution < 1.29 is 4.79 Å². The zero-order valence-corrected chi connectivity index (χ0v) is 13.7. The molecule has 0 aromatic heterocycles. The molecule has 0 atom stereocenters. The van der Waals surface area contributed by atoms with Gasteiger partial charge in [0.15, 0.2) is 0 Å². The molecular formula is C16H20Cl2N2O. The van der Waals surface area contributed by atoms with E-state index in [-0.39, 0.29) is 5.91 Å². The van der Waals surface area contributed by atoms with E-state index < -0.39 is 0 Å². The number of benzene rings is 1. The highest BCUT2D eigenvalue weighted by Crippen LogP contribution is 2.26. The molecule has 0 bridgehead atoms. The van der Waals surface area contributed by atoms with Crippen LogP contribution in [0.1, 0.15) is 55.8 Å². The van der Waals surface area contributed by atoms with Gasteiger partial charge >= 0.3 is 0 Å². The molecule has 5 heteroatoms. The van der Waals surface area contributed by atoms with Crippen LogP contribution in [0, 0.1) is 5.92 Å². The predicted octanol–water partition coefficient (Wildman–Crippen LogP) is 5.07. The molecule has 1 aromatic carbocycles. The van der Waals surface area contributed by atoms with Crippen molar-refractivity contribution in [2.24, 2.45) is 11.0 Å². The lowest BCUT2D eigenvalue weighted by atomic mass is 9.85. The van der Waals surface area contributed by atoms with E-state index >= 15 is 0 Å². The van der Waals surface area contributed by atoms with Crippen LogP contribution >= 0.6 is 23.2 Å². The van der Waals surface area contributed by atoms with Crippen molar-refractivity contribution in [3.63, 3.8) is 0 Å². The Morgan fingerprint density at radius 2 is 2.05 bits per heavy atom. The van der Waals surface area contributed by atoms with Gasteiger partial charge in [-0.05, 0) is 49.8 Å². The summed E-state index contributed by atoms with van der Waals surface area (Å²) in [5, 5.41) is 5.09. The second-order valence-electron chi connectivity index (χ2n) is 5.48. The fourth-order valence-corrected chi connectivity index (χ4v) is 3.18. The summed E-state index contributed by atoms with van der Waals surface area (Å²) in [6.07, 6.45) is 6.82. The summed E-state index contributed by atoms with van der Waals surface area (Å²) in [6.45, 7) is 2.22. The van der Waals surface area contributed by atoms with Gasteiger partial charge in [-0.3, -0.25) is 4.79 Å². The van der Waals surface area contributed by atoms with Gasteiger partial charge in [-0.25, -0.2) is 5.43 Å². The van der Waals surface area contributed by atoms with Crippen LogP contribution in [0.15, 0.2) is 23.3 Å². The number of amides is 1. The number of rotatable bonds is 4. The maximum Gasteiger partial charge on any atom is 0.272 e. The summed E-state index contributed by atoms with van der Waals surface area (Å²) >= 11 is 11.8. The lowest BCUT2D eigenvalue weighted by molar-refractivity contribution is 0.0954. The van der Waals surface area contributed by atoms with Gasteiger partial charge in [0.1, 0.15) is 0 Å². The lowest BCUT2D eigenvalue weighted by Crippen LogP contribution is -2.22. The molecule has 1 fully saturated rings. The van der Waals surface area contributed by atoms with Crippen LogP contribution < -0.4 is 5.43 Å². The van der Waals surface area contributed by atoms with E-state index in [1.807, 2.05) is 0 Å². The van der Waals surface area contributed by atoms with E-state index in [4.69, 9.17) is 23.2 Å². The van der Waals surface area contributed by atoms with Crippen LogP contribution in [0.2, 0.25) is 10.0 Å². The van der Waals surface area contributed by atoms with Crippen molar-refractivity contribution in [1.82, 2.24) is 5.43 Å². The molecule has 0 radical (unpaired) electrons. The Bertz CT molecular complexity index is 533. The molecule has 0 heterocycles. The van der Waals surface area contributed by atoms with Crippen molar-refractivity contribution >= 4 is 34.8 Å². The molecule has 0 spiro atoms. The first-order valence-electron chi connectivity index (χ1n) is 7.41. The highest BCUT2D eigenvalue weighted by Gasteiger charge is 2.17. The van der Waals surface area contributed by atoms with Gasteiger partial charge in [0, 0.05) is 10.7 Å². The smallest absolute Gasteiger partial charge is 0.267 e. The first kappa shape index (κ1) is 16.3. The third kappa shape index (κ3) is 4.72. The summed E-state index contributed by atoms with van der Waals surface area (Å²) in [5.74, 6) is 0.523. The van der Waals surface area contributed by atoms with Gasteiger partial charge in [0.25, 0.3) is 5.91 Å². The van der Waals surface area contributed by atoms with Gasteiger partial charge in [-0.2, -0.15) is 5.10 Å². The predicted molar refractivity (Wildman–Crippen MR) is 88.2 cm³/mol. The summed E-state index contributed by atoms with van der Waals surface area (Å²) in [4.78, 5) is 12.0. The average Bonchev–Trinajstić information content (AvgIpc) is 2.46. The van der Waals surface area contributed by atoms with E-state index in [1.54, 1.807) is 18.2 Å². The Morgan fingerprint density at radius 3 is 2.67 bits per heavy atom. The maximum atomic E-state index is 12.0. The van der Waals surface area contributed by atoms with E-state index in [2.05, 4.69) is 17.5 Å². The van der Waals surface area contributed by atoms with Crippen LogP contribution in [0.5, 0.6) is 0 Å². The number of carbonyl (C=O) groups excluding carboxylic acids is 1. The highest BCUT2D eigenvalue weighted by molar-refractivity contribution is 6.36. The molecule has 1 saturated carbocycles. The molecule has 114 valence electrons. The fourth-order valence-electron chi connectivity index (χ4n) is 2.68. The summed E-state index contributed by atoms with van der Waals surface area (Å²) in [5.41, 5.74) is 4.06. The first-order valence-corrected chi connectivity index (χ1v) is 8.16. The number of carbonyl (C=O) groups is 1. The van der Waals surface area contributed by atoms with E-state index in [0.717, 1.165) is 24.5 Å². The molecule has 21 heavy (non-hydrogen) atoms. The molecule has 1 aliphatic rings. The molecule has 2 rings (SSSR count). The van der Waals surface area contributed by atoms with Gasteiger partial charge in [-0.15, -0.1) is 0 Å². The van der Waals surface area contributed by atoms with Crippen molar-refractivity contribution in [1.29, 1.82) is 0 Å². The van der Waals surface area contributed by atoms with Crippen molar-refractivity contribution in [3.05, 3.63) is 33.8 Å². The molecule has 1 N–H and O–H groups in total. The minimum absolute atomic E-state index is 0.292. The number of hydrogen-bond acceptors (Lipinski definition) is 2. The van der Waals surface area contributed by atoms with Crippen LogP contribution in [0.4, 0.5) is 0 Å². The quantitative estimate of drug-likeness (QED) is 0.771. The normalized spacial score (nSPS) is 18.4. The van der Waals surface area contributed by atoms with Crippen LogP contribution in [0.3, 0.4) is 0 Å². The van der Waals surface area contributed by atoms with Crippen molar-refractivity contribution in [2.75, 3.05) is 0 Å². The molecule has 3 nitrogen and oxygen atoms in total. The number of nitrogens with zero attached hydrogens (tertiary/aromatic N) is 1. The van der Waals surface area contributed by atoms with Crippen molar-refractivity contribution in [2.45, 2.75) is 45.4 Å². The topological polar surface area (TPSA) is 41.5 Å². The number of halogens is 2. The largest absolute Gasteiger partial charge is 0.272 e. The molecule has 1 aromatic rings.